The summed E-state index contributed by atoms with van der Waals surface area (Å²) in [4.78, 5) is 140. The van der Waals surface area contributed by atoms with Crippen molar-refractivity contribution in [2.24, 2.45) is 22.2 Å². The van der Waals surface area contributed by atoms with Crippen LogP contribution in [0.3, 0.4) is 0 Å². The Bertz CT molecular complexity index is 3000. The maximum absolute atomic E-state index is 14.9. The average Bonchev–Trinajstić information content (AvgIpc) is 4.12. The lowest BCUT2D eigenvalue weighted by Crippen LogP contribution is -2.61. The normalized spacial score (nSPS) is 20.8. The Morgan fingerprint density at radius 2 is 1.46 bits per heavy atom. The van der Waals surface area contributed by atoms with Crippen molar-refractivity contribution in [1.29, 1.82) is 0 Å². The summed E-state index contributed by atoms with van der Waals surface area (Å²) in [6.07, 6.45) is 5.06. The number of nitrogens with one attached hydrogen (secondary N) is 10. The molecule has 0 saturated carbocycles. The van der Waals surface area contributed by atoms with Gasteiger partial charge in [0.15, 0.2) is 5.96 Å². The van der Waals surface area contributed by atoms with Crippen LogP contribution < -0.4 is 59.7 Å². The molecule has 79 heavy (non-hydrogen) atoms. The summed E-state index contributed by atoms with van der Waals surface area (Å²) in [7, 11) is 0. The molecule has 9 amide bonds. The number of guanidine groups is 1. The molecule has 16 N–H and O–H groups in total. The van der Waals surface area contributed by atoms with E-state index in [1.165, 1.54) is 37.6 Å². The number of aliphatic imine (C=N–C) groups is 1. The lowest BCUT2D eigenvalue weighted by atomic mass is 9.99. The van der Waals surface area contributed by atoms with Gasteiger partial charge in [-0.15, -0.1) is 0 Å². The summed E-state index contributed by atoms with van der Waals surface area (Å²) in [5.74, 6) is -7.96. The summed E-state index contributed by atoms with van der Waals surface area (Å²) in [5.41, 5.74) is 18.9. The van der Waals surface area contributed by atoms with Crippen molar-refractivity contribution in [2.75, 3.05) is 13.1 Å². The number of carbonyl (C=O) groups is 9. The molecule has 0 spiro atoms. The van der Waals surface area contributed by atoms with Crippen molar-refractivity contribution in [3.05, 3.63) is 102 Å². The van der Waals surface area contributed by atoms with Gasteiger partial charge in [-0.2, -0.15) is 0 Å². The standard InChI is InChI=1S/C54H70FN15O9/c1-3-4-12-39(64-30(2)71)48(74)70-45-26-46(72)60-19-8-7-13-38(47(56)73)65-51(77)43(23-34-27-62-41-24-35(55)17-18-37(34)41)68-49(75)40(14-9-20-61-54(57)58)66-50(76)42(22-31-15-16-32-10-5-6-11-33(32)21-31)67-52(78)44(69-53(45)79)25-36-28-59-29-63-36/h5-6,10-11,15-18,21,24,27-29,38-40,42-45,62H,3-4,7-9,12-14,19-20,22-23,25-26H2,1-2H3,(H2,56,73)(H,59,63)(H,60,72)(H,64,71)(H,65,77)(H,66,76)(H,67,78)(H,68,75)(H,69,79)(H,70,74)(H4,57,58,61)/t38-,39-,40-,42+,43-,44-,45-/m0/s1. The first kappa shape index (κ1) is 59.3. The SMILES string of the molecule is CCCC[C@H](NC(C)=O)C(=O)N[C@H]1CC(=O)NCCCC[C@@H](C(N)=O)NC(=O)[C@H](Cc2c[nH]c3cc(F)ccc23)NC(=O)[C@H](CCCN=C(N)N)NC(=O)[C@@H](Cc2ccc3ccccc3c2)NC(=O)[C@H](Cc2cnc[nH]2)NC1=O. The molecule has 5 aromatic rings. The molecule has 0 unspecified atom stereocenters. The van der Waals surface area contributed by atoms with Crippen molar-refractivity contribution in [2.45, 2.75) is 133 Å². The van der Waals surface area contributed by atoms with Gasteiger partial charge in [0.1, 0.15) is 48.1 Å². The smallest absolute Gasteiger partial charge is 0.243 e. The van der Waals surface area contributed by atoms with Crippen LogP contribution in [0, 0.1) is 5.82 Å². The number of hydrogen-bond donors (Lipinski definition) is 13. The van der Waals surface area contributed by atoms with E-state index in [9.17, 15) is 47.5 Å². The Morgan fingerprint density at radius 3 is 2.15 bits per heavy atom. The second-order valence-electron chi connectivity index (χ2n) is 19.5. The van der Waals surface area contributed by atoms with Crippen LogP contribution in [0.15, 0.2) is 84.4 Å². The Balaban J connectivity index is 1.41. The van der Waals surface area contributed by atoms with Crippen LogP contribution >= 0.6 is 0 Å². The van der Waals surface area contributed by atoms with Gasteiger partial charge in [0.2, 0.25) is 53.2 Å². The number of imidazole rings is 1. The number of rotatable bonds is 17. The van der Waals surface area contributed by atoms with E-state index in [-0.39, 0.29) is 76.8 Å². The summed E-state index contributed by atoms with van der Waals surface area (Å²) in [6, 6.07) is 7.17. The molecule has 7 atom stereocenters. The molecular weight excluding hydrogens is 1020 g/mol. The van der Waals surface area contributed by atoms with E-state index in [0.717, 1.165) is 10.8 Å². The quantitative estimate of drug-likeness (QED) is 0.0334. The minimum absolute atomic E-state index is 0.00578. The van der Waals surface area contributed by atoms with Crippen LogP contribution in [0.5, 0.6) is 0 Å². The number of nitrogens with two attached hydrogens (primary N) is 3. The molecule has 3 heterocycles. The fourth-order valence-electron chi connectivity index (χ4n) is 9.18. The van der Waals surface area contributed by atoms with Crippen LogP contribution in [0.1, 0.15) is 88.5 Å². The van der Waals surface area contributed by atoms with Crippen molar-refractivity contribution >= 4 is 80.8 Å². The fourth-order valence-corrected chi connectivity index (χ4v) is 9.18. The monoisotopic (exact) mass is 1090 g/mol. The van der Waals surface area contributed by atoms with E-state index < -0.39 is 108 Å². The lowest BCUT2D eigenvalue weighted by molar-refractivity contribution is -0.136. The number of carbonyl (C=O) groups excluding carboxylic acids is 9. The first-order valence-corrected chi connectivity index (χ1v) is 26.3. The van der Waals surface area contributed by atoms with Crippen molar-refractivity contribution < 1.29 is 47.5 Å². The molecular formula is C54H70FN15O9. The Morgan fingerprint density at radius 1 is 0.772 bits per heavy atom. The number of H-pyrrole nitrogens is 2. The minimum atomic E-state index is -1.60. The molecule has 1 fully saturated rings. The summed E-state index contributed by atoms with van der Waals surface area (Å²) < 4.78 is 14.3. The molecule has 3 aromatic carbocycles. The highest BCUT2D eigenvalue weighted by Crippen LogP contribution is 2.22. The topological polar surface area (TPSA) is 385 Å². The third kappa shape index (κ3) is 18.1. The first-order valence-electron chi connectivity index (χ1n) is 26.3. The highest BCUT2D eigenvalue weighted by atomic mass is 19.1. The van der Waals surface area contributed by atoms with Crippen molar-refractivity contribution in [3.8, 4) is 0 Å². The number of aromatic nitrogens is 3. The first-order chi connectivity index (χ1) is 37.9. The van der Waals surface area contributed by atoms with Crippen LogP contribution in [0.4, 0.5) is 4.39 Å². The number of amides is 9. The van der Waals surface area contributed by atoms with Gasteiger partial charge in [-0.05, 0) is 78.6 Å². The van der Waals surface area contributed by atoms with Gasteiger partial charge >= 0.3 is 0 Å². The van der Waals surface area contributed by atoms with E-state index in [2.05, 4.69) is 62.5 Å². The van der Waals surface area contributed by atoms with Gasteiger partial charge in [0, 0.05) is 68.3 Å². The molecule has 0 aliphatic carbocycles. The third-order valence-electron chi connectivity index (χ3n) is 13.3. The molecule has 1 saturated heterocycles. The Hall–Kier alpha value is -8.90. The summed E-state index contributed by atoms with van der Waals surface area (Å²) in [6.45, 7) is 3.17. The van der Waals surface area contributed by atoms with E-state index in [4.69, 9.17) is 17.2 Å². The van der Waals surface area contributed by atoms with E-state index in [0.29, 0.717) is 40.6 Å². The van der Waals surface area contributed by atoms with Crippen LogP contribution in [-0.2, 0) is 62.4 Å². The maximum atomic E-state index is 14.9. The second-order valence-corrected chi connectivity index (χ2v) is 19.5. The molecule has 1 aliphatic heterocycles. The molecule has 1 aliphatic rings. The molecule has 2 aromatic heterocycles. The molecule has 0 radical (unpaired) electrons. The maximum Gasteiger partial charge on any atom is 0.243 e. The zero-order chi connectivity index (χ0) is 57.0. The number of primary amides is 1. The van der Waals surface area contributed by atoms with Gasteiger partial charge in [-0.3, -0.25) is 48.1 Å². The van der Waals surface area contributed by atoms with Crippen molar-refractivity contribution in [3.63, 3.8) is 0 Å². The largest absolute Gasteiger partial charge is 0.370 e. The number of aromatic amines is 2. The molecule has 0 bridgehead atoms. The predicted molar refractivity (Wildman–Crippen MR) is 291 cm³/mol. The third-order valence-corrected chi connectivity index (χ3v) is 13.3. The van der Waals surface area contributed by atoms with Gasteiger partial charge in [-0.1, -0.05) is 62.2 Å². The summed E-state index contributed by atoms with van der Waals surface area (Å²) >= 11 is 0. The van der Waals surface area contributed by atoms with E-state index >= 15 is 0 Å². The molecule has 25 heteroatoms. The van der Waals surface area contributed by atoms with Crippen molar-refractivity contribution in [1.82, 2.24) is 57.5 Å². The zero-order valence-electron chi connectivity index (χ0n) is 44.1. The number of nitrogens with zero attached hydrogens (tertiary/aromatic N) is 2. The predicted octanol–water partition coefficient (Wildman–Crippen LogP) is 0.0440. The summed E-state index contributed by atoms with van der Waals surface area (Å²) in [5, 5.41) is 23.8. The van der Waals surface area contributed by atoms with Gasteiger partial charge in [0.05, 0.1) is 12.7 Å². The van der Waals surface area contributed by atoms with Gasteiger partial charge in [-0.25, -0.2) is 9.37 Å². The number of hydrogen-bond acceptors (Lipinski definition) is 11. The highest BCUT2D eigenvalue weighted by Gasteiger charge is 2.35. The van der Waals surface area contributed by atoms with Gasteiger partial charge < -0.3 is 69.7 Å². The average molecular weight is 1090 g/mol. The number of fused-ring (bicyclic) bond motifs is 2. The Kier molecular flexibility index (Phi) is 21.8. The number of benzene rings is 3. The second kappa shape index (κ2) is 29.0. The zero-order valence-corrected chi connectivity index (χ0v) is 44.1. The molecule has 6 rings (SSSR count). The number of unbranched alkanes of at least 4 members (excludes halogenated alkanes) is 1. The van der Waals surface area contributed by atoms with Crippen LogP contribution in [-0.4, -0.2) is 129 Å². The van der Waals surface area contributed by atoms with Crippen LogP contribution in [0.2, 0.25) is 0 Å². The molecule has 422 valence electrons. The number of halogens is 1. The molecule has 24 nitrogen and oxygen atoms in total. The Labute approximate surface area is 455 Å². The van der Waals surface area contributed by atoms with E-state index in [1.807, 2.05) is 43.3 Å². The minimum Gasteiger partial charge on any atom is -0.370 e. The lowest BCUT2D eigenvalue weighted by Gasteiger charge is -2.28. The van der Waals surface area contributed by atoms with E-state index in [1.54, 1.807) is 12.3 Å². The van der Waals surface area contributed by atoms with Gasteiger partial charge in [0.25, 0.3) is 0 Å². The van der Waals surface area contributed by atoms with Crippen LogP contribution in [0.25, 0.3) is 21.7 Å². The fraction of sp³-hybridized carbons (Fsp3) is 0.426. The highest BCUT2D eigenvalue weighted by molar-refractivity contribution is 5.99.